The normalized spacial score (nSPS) is 16.9. The first kappa shape index (κ1) is 24.6. The lowest BCUT2D eigenvalue weighted by atomic mass is 9.92. The molecule has 182 valence electrons. The average molecular weight is 492 g/mol. The standard InChI is InChI=1S/C27H29N3O4S/c1-5-21-24(26(32)34-4)25(20-13-9-10-14-22(20)33-3)30-19(17-35-27(30)28-21)15-23(31)29(2)16-18-11-7-6-8-12-18/h6-14,17,25H,5,15-16H2,1-4H3. The van der Waals surface area contributed by atoms with Gasteiger partial charge in [0.2, 0.25) is 5.91 Å². The van der Waals surface area contributed by atoms with E-state index in [1.807, 2.05) is 71.8 Å². The lowest BCUT2D eigenvalue weighted by Crippen LogP contribution is -2.38. The first-order valence-electron chi connectivity index (χ1n) is 11.4. The number of nitrogens with zero attached hydrogens (tertiary/aromatic N) is 3. The third-order valence-corrected chi connectivity index (χ3v) is 6.97. The van der Waals surface area contributed by atoms with Crippen molar-refractivity contribution in [1.82, 2.24) is 9.80 Å². The summed E-state index contributed by atoms with van der Waals surface area (Å²) in [4.78, 5) is 34.7. The summed E-state index contributed by atoms with van der Waals surface area (Å²) in [5, 5.41) is 2.68. The van der Waals surface area contributed by atoms with Crippen LogP contribution >= 0.6 is 11.8 Å². The predicted octanol–water partition coefficient (Wildman–Crippen LogP) is 4.88. The second kappa shape index (κ2) is 10.8. The summed E-state index contributed by atoms with van der Waals surface area (Å²) in [5.74, 6) is 0.189. The van der Waals surface area contributed by atoms with Gasteiger partial charge in [-0.2, -0.15) is 0 Å². The summed E-state index contributed by atoms with van der Waals surface area (Å²) in [6.07, 6.45) is 0.749. The molecule has 2 aromatic rings. The van der Waals surface area contributed by atoms with E-state index in [0.717, 1.165) is 22.0 Å². The van der Waals surface area contributed by atoms with Crippen LogP contribution in [0.3, 0.4) is 0 Å². The molecule has 0 aromatic heterocycles. The molecule has 2 aromatic carbocycles. The Morgan fingerprint density at radius 3 is 2.49 bits per heavy atom. The maximum absolute atomic E-state index is 13.2. The molecule has 1 unspecified atom stereocenters. The van der Waals surface area contributed by atoms with E-state index in [9.17, 15) is 9.59 Å². The Morgan fingerprint density at radius 2 is 1.80 bits per heavy atom. The van der Waals surface area contributed by atoms with Gasteiger partial charge in [0.25, 0.3) is 0 Å². The molecule has 0 aliphatic carbocycles. The van der Waals surface area contributed by atoms with E-state index in [1.165, 1.54) is 18.9 Å². The van der Waals surface area contributed by atoms with Crippen molar-refractivity contribution in [2.75, 3.05) is 21.3 Å². The third kappa shape index (κ3) is 4.98. The number of aliphatic imine (C=N–C) groups is 1. The van der Waals surface area contributed by atoms with Crippen LogP contribution in [0.4, 0.5) is 0 Å². The second-order valence-corrected chi connectivity index (χ2v) is 9.09. The number of ether oxygens (including phenoxy) is 2. The van der Waals surface area contributed by atoms with E-state index in [2.05, 4.69) is 0 Å². The Bertz CT molecular complexity index is 1210. The van der Waals surface area contributed by atoms with Crippen LogP contribution in [0.5, 0.6) is 5.75 Å². The van der Waals surface area contributed by atoms with Gasteiger partial charge >= 0.3 is 5.97 Å². The molecular formula is C27H29N3O4S. The molecule has 1 amide bonds. The number of amides is 1. The van der Waals surface area contributed by atoms with Crippen LogP contribution in [0, 0.1) is 0 Å². The zero-order valence-electron chi connectivity index (χ0n) is 20.4. The average Bonchev–Trinajstić information content (AvgIpc) is 3.29. The van der Waals surface area contributed by atoms with E-state index in [0.29, 0.717) is 30.0 Å². The number of allylic oxidation sites excluding steroid dienone is 1. The fourth-order valence-electron chi connectivity index (χ4n) is 4.33. The number of esters is 1. The number of methoxy groups -OCH3 is 2. The van der Waals surface area contributed by atoms with Crippen molar-refractivity contribution in [3.8, 4) is 5.75 Å². The van der Waals surface area contributed by atoms with Crippen molar-refractivity contribution in [3.63, 3.8) is 0 Å². The molecule has 0 bridgehead atoms. The number of benzene rings is 2. The highest BCUT2D eigenvalue weighted by Gasteiger charge is 2.42. The molecular weight excluding hydrogens is 462 g/mol. The summed E-state index contributed by atoms with van der Waals surface area (Å²) in [6.45, 7) is 2.48. The molecule has 2 aliphatic heterocycles. The second-order valence-electron chi connectivity index (χ2n) is 8.25. The Balaban J connectivity index is 1.69. The fourth-order valence-corrected chi connectivity index (χ4v) is 5.27. The Hall–Kier alpha value is -3.52. The number of carbonyl (C=O) groups excluding carboxylic acids is 2. The van der Waals surface area contributed by atoms with Gasteiger partial charge in [-0.25, -0.2) is 9.79 Å². The molecule has 2 aliphatic rings. The maximum Gasteiger partial charge on any atom is 0.338 e. The molecule has 0 fully saturated rings. The molecule has 0 saturated carbocycles. The van der Waals surface area contributed by atoms with Gasteiger partial charge in [0.1, 0.15) is 5.75 Å². The van der Waals surface area contributed by atoms with Crippen LogP contribution in [0.2, 0.25) is 0 Å². The minimum atomic E-state index is -0.519. The number of rotatable bonds is 8. The number of fused-ring (bicyclic) bond motifs is 1. The van der Waals surface area contributed by atoms with Gasteiger partial charge in [0, 0.05) is 24.9 Å². The number of thioether (sulfide) groups is 1. The first-order valence-corrected chi connectivity index (χ1v) is 12.3. The lowest BCUT2D eigenvalue weighted by Gasteiger charge is -2.37. The summed E-state index contributed by atoms with van der Waals surface area (Å²) >= 11 is 1.46. The van der Waals surface area contributed by atoms with Crippen molar-refractivity contribution < 1.29 is 19.1 Å². The smallest absolute Gasteiger partial charge is 0.338 e. The van der Waals surface area contributed by atoms with Gasteiger partial charge in [-0.15, -0.1) is 0 Å². The van der Waals surface area contributed by atoms with Crippen molar-refractivity contribution in [1.29, 1.82) is 0 Å². The maximum atomic E-state index is 13.2. The summed E-state index contributed by atoms with van der Waals surface area (Å²) in [6, 6.07) is 17.0. The molecule has 7 nitrogen and oxygen atoms in total. The van der Waals surface area contributed by atoms with Crippen LogP contribution in [0.1, 0.15) is 36.9 Å². The minimum Gasteiger partial charge on any atom is -0.496 e. The number of carbonyl (C=O) groups is 2. The molecule has 1 atom stereocenters. The van der Waals surface area contributed by atoms with Crippen LogP contribution < -0.4 is 4.74 Å². The van der Waals surface area contributed by atoms with E-state index >= 15 is 0 Å². The van der Waals surface area contributed by atoms with Gasteiger partial charge < -0.3 is 19.3 Å². The van der Waals surface area contributed by atoms with E-state index in [4.69, 9.17) is 14.5 Å². The Kier molecular flexibility index (Phi) is 7.60. The van der Waals surface area contributed by atoms with E-state index in [1.54, 1.807) is 19.1 Å². The van der Waals surface area contributed by atoms with Crippen LogP contribution in [0.15, 0.2) is 82.0 Å². The number of hydrogen-bond donors (Lipinski definition) is 0. The Morgan fingerprint density at radius 1 is 1.09 bits per heavy atom. The van der Waals surface area contributed by atoms with Gasteiger partial charge in [-0.05, 0) is 23.5 Å². The van der Waals surface area contributed by atoms with Crippen LogP contribution in [-0.4, -0.2) is 48.1 Å². The molecule has 0 radical (unpaired) electrons. The monoisotopic (exact) mass is 491 g/mol. The SMILES string of the molecule is CCC1=C(C(=O)OC)C(c2ccccc2OC)N2C(CC(=O)N(C)Cc3ccccc3)=CSC2=N1. The number of para-hydroxylation sites is 1. The number of amidine groups is 1. The van der Waals surface area contributed by atoms with Gasteiger partial charge in [-0.1, -0.05) is 67.2 Å². The molecule has 8 heteroatoms. The van der Waals surface area contributed by atoms with Crippen molar-refractivity contribution in [2.45, 2.75) is 32.4 Å². The van der Waals surface area contributed by atoms with Gasteiger partial charge in [0.05, 0.1) is 38.0 Å². The molecule has 0 N–H and O–H groups in total. The first-order chi connectivity index (χ1) is 17.0. The quantitative estimate of drug-likeness (QED) is 0.490. The number of hydrogen-bond acceptors (Lipinski definition) is 7. The Labute approximate surface area is 210 Å². The molecule has 0 saturated heterocycles. The molecule has 35 heavy (non-hydrogen) atoms. The lowest BCUT2D eigenvalue weighted by molar-refractivity contribution is -0.136. The molecule has 0 spiro atoms. The highest BCUT2D eigenvalue weighted by atomic mass is 32.2. The van der Waals surface area contributed by atoms with Crippen molar-refractivity contribution in [2.24, 2.45) is 4.99 Å². The summed E-state index contributed by atoms with van der Waals surface area (Å²) < 4.78 is 10.8. The van der Waals surface area contributed by atoms with Crippen LogP contribution in [-0.2, 0) is 20.9 Å². The van der Waals surface area contributed by atoms with Crippen LogP contribution in [0.25, 0.3) is 0 Å². The largest absolute Gasteiger partial charge is 0.496 e. The van der Waals surface area contributed by atoms with Crippen molar-refractivity contribution >= 4 is 28.8 Å². The van der Waals surface area contributed by atoms with Gasteiger partial charge in [0.15, 0.2) is 5.17 Å². The zero-order valence-corrected chi connectivity index (χ0v) is 21.2. The van der Waals surface area contributed by atoms with Crippen molar-refractivity contribution in [3.05, 3.63) is 88.1 Å². The molecule has 2 heterocycles. The fraction of sp³-hybridized carbons (Fsp3) is 0.296. The highest BCUT2D eigenvalue weighted by Crippen LogP contribution is 2.47. The summed E-state index contributed by atoms with van der Waals surface area (Å²) in [5.41, 5.74) is 3.79. The predicted molar refractivity (Wildman–Crippen MR) is 138 cm³/mol. The highest BCUT2D eigenvalue weighted by molar-refractivity contribution is 8.16. The van der Waals surface area contributed by atoms with E-state index in [-0.39, 0.29) is 12.3 Å². The summed E-state index contributed by atoms with van der Waals surface area (Å²) in [7, 11) is 4.78. The third-order valence-electron chi connectivity index (χ3n) is 6.08. The zero-order chi connectivity index (χ0) is 24.9. The molecule has 4 rings (SSSR count). The topological polar surface area (TPSA) is 71.4 Å². The minimum absolute atomic E-state index is 0.0226. The van der Waals surface area contributed by atoms with E-state index < -0.39 is 12.0 Å². The van der Waals surface area contributed by atoms with Gasteiger partial charge in [-0.3, -0.25) is 4.79 Å².